The van der Waals surface area contributed by atoms with Gasteiger partial charge in [-0.05, 0) is 54.6 Å². The number of nitrogens with one attached hydrogen (secondary N) is 2. The highest BCUT2D eigenvalue weighted by Crippen LogP contribution is 2.37. The van der Waals surface area contributed by atoms with Gasteiger partial charge in [0, 0.05) is 11.3 Å². The van der Waals surface area contributed by atoms with Gasteiger partial charge < -0.3 is 10.6 Å². The highest BCUT2D eigenvalue weighted by molar-refractivity contribution is 7.18. The van der Waals surface area contributed by atoms with Crippen molar-refractivity contribution >= 4 is 46.1 Å². The summed E-state index contributed by atoms with van der Waals surface area (Å²) >= 11 is 6.66. The highest BCUT2D eigenvalue weighted by atomic mass is 35.5. The maximum absolute atomic E-state index is 13.5. The summed E-state index contributed by atoms with van der Waals surface area (Å²) in [5, 5.41) is 4.52. The summed E-state index contributed by atoms with van der Waals surface area (Å²) in [7, 11) is 0. The van der Waals surface area contributed by atoms with E-state index >= 15 is 0 Å². The number of halogens is 5. The monoisotopic (exact) mass is 442 g/mol. The van der Waals surface area contributed by atoms with Crippen molar-refractivity contribution < 1.29 is 27.2 Å². The minimum Gasteiger partial charge on any atom is -0.322 e. The average Bonchev–Trinajstić information content (AvgIpc) is 3.09. The van der Waals surface area contributed by atoms with Crippen molar-refractivity contribution in [3.8, 4) is 0 Å². The second-order valence-electron chi connectivity index (χ2n) is 5.78. The third-order valence-electron chi connectivity index (χ3n) is 3.73. The van der Waals surface area contributed by atoms with Crippen LogP contribution in [0.15, 0.2) is 54.6 Å². The fourth-order valence-electron chi connectivity index (χ4n) is 2.39. The lowest BCUT2D eigenvalue weighted by molar-refractivity contribution is -0.136. The van der Waals surface area contributed by atoms with Gasteiger partial charge in [-0.15, -0.1) is 11.3 Å². The van der Waals surface area contributed by atoms with E-state index < -0.39 is 35.1 Å². The molecule has 0 spiro atoms. The van der Waals surface area contributed by atoms with Crippen LogP contribution >= 0.6 is 22.9 Å². The molecule has 3 rings (SSSR count). The molecule has 0 aliphatic heterocycles. The van der Waals surface area contributed by atoms with Crippen molar-refractivity contribution in [1.82, 2.24) is 0 Å². The summed E-state index contributed by atoms with van der Waals surface area (Å²) in [5.41, 5.74) is -1.66. The average molecular weight is 443 g/mol. The topological polar surface area (TPSA) is 58.2 Å². The van der Waals surface area contributed by atoms with Crippen molar-refractivity contribution in [2.45, 2.75) is 6.18 Å². The predicted molar refractivity (Wildman–Crippen MR) is 103 cm³/mol. The Bertz CT molecular complexity index is 1060. The molecular weight excluding hydrogens is 432 g/mol. The third-order valence-corrected chi connectivity index (χ3v) is 4.96. The highest BCUT2D eigenvalue weighted by Gasteiger charge is 2.34. The zero-order chi connectivity index (χ0) is 21.2. The number of alkyl halides is 3. The van der Waals surface area contributed by atoms with Crippen molar-refractivity contribution in [1.29, 1.82) is 0 Å². The Kier molecular flexibility index (Phi) is 5.90. The van der Waals surface area contributed by atoms with Gasteiger partial charge in [0.1, 0.15) is 5.82 Å². The molecule has 0 fully saturated rings. The molecule has 0 unspecified atom stereocenters. The number of hydrogen-bond donors (Lipinski definition) is 2. The van der Waals surface area contributed by atoms with E-state index in [9.17, 15) is 27.2 Å². The van der Waals surface area contributed by atoms with Crippen LogP contribution in [0.3, 0.4) is 0 Å². The smallest absolute Gasteiger partial charge is 0.322 e. The van der Waals surface area contributed by atoms with Gasteiger partial charge in [0.2, 0.25) is 0 Å². The molecular formula is C19H11ClF4N2O2S. The zero-order valence-electron chi connectivity index (χ0n) is 14.3. The van der Waals surface area contributed by atoms with E-state index in [0.717, 1.165) is 29.5 Å². The van der Waals surface area contributed by atoms with E-state index in [1.165, 1.54) is 30.3 Å². The fraction of sp³-hybridized carbons (Fsp3) is 0.0526. The van der Waals surface area contributed by atoms with E-state index in [1.807, 2.05) is 0 Å². The van der Waals surface area contributed by atoms with Crippen molar-refractivity contribution in [2.24, 2.45) is 0 Å². The van der Waals surface area contributed by atoms with E-state index in [0.29, 0.717) is 10.4 Å². The van der Waals surface area contributed by atoms with Gasteiger partial charge in [-0.2, -0.15) is 13.2 Å². The van der Waals surface area contributed by atoms with Gasteiger partial charge in [-0.1, -0.05) is 11.6 Å². The molecule has 4 nitrogen and oxygen atoms in total. The number of carbonyl (C=O) groups excluding carboxylic acids is 2. The molecule has 0 aliphatic carbocycles. The van der Waals surface area contributed by atoms with Gasteiger partial charge in [-0.25, -0.2) is 4.39 Å². The maximum atomic E-state index is 13.5. The first-order valence-electron chi connectivity index (χ1n) is 7.98. The number of thiophene rings is 1. The minimum atomic E-state index is -4.79. The lowest BCUT2D eigenvalue weighted by Crippen LogP contribution is -2.17. The van der Waals surface area contributed by atoms with Crippen LogP contribution in [0, 0.1) is 5.82 Å². The second kappa shape index (κ2) is 8.22. The Hall–Kier alpha value is -2.91. The number of rotatable bonds is 4. The molecule has 3 aromatic rings. The normalized spacial score (nSPS) is 11.2. The molecule has 29 heavy (non-hydrogen) atoms. The number of anilines is 2. The Morgan fingerprint density at radius 2 is 1.59 bits per heavy atom. The van der Waals surface area contributed by atoms with Crippen LogP contribution in [0.2, 0.25) is 4.34 Å². The summed E-state index contributed by atoms with van der Waals surface area (Å²) in [4.78, 5) is 24.4. The van der Waals surface area contributed by atoms with Crippen LogP contribution in [0.25, 0.3) is 0 Å². The van der Waals surface area contributed by atoms with E-state index in [2.05, 4.69) is 10.6 Å². The van der Waals surface area contributed by atoms with Crippen LogP contribution in [-0.2, 0) is 6.18 Å². The summed E-state index contributed by atoms with van der Waals surface area (Å²) in [6, 6.07) is 10.3. The van der Waals surface area contributed by atoms with Crippen molar-refractivity contribution in [3.05, 3.63) is 80.8 Å². The molecule has 150 valence electrons. The van der Waals surface area contributed by atoms with Gasteiger partial charge in [0.15, 0.2) is 0 Å². The van der Waals surface area contributed by atoms with Gasteiger partial charge in [0.25, 0.3) is 11.8 Å². The minimum absolute atomic E-state index is 0.0758. The zero-order valence-corrected chi connectivity index (χ0v) is 15.9. The number of carbonyl (C=O) groups is 2. The first kappa shape index (κ1) is 20.8. The Morgan fingerprint density at radius 1 is 0.897 bits per heavy atom. The quantitative estimate of drug-likeness (QED) is 0.482. The van der Waals surface area contributed by atoms with Gasteiger partial charge >= 0.3 is 6.18 Å². The Morgan fingerprint density at radius 3 is 2.17 bits per heavy atom. The van der Waals surface area contributed by atoms with Crippen LogP contribution < -0.4 is 10.6 Å². The van der Waals surface area contributed by atoms with Crippen LogP contribution in [-0.4, -0.2) is 11.8 Å². The van der Waals surface area contributed by atoms with Crippen LogP contribution in [0.1, 0.15) is 25.6 Å². The molecule has 0 saturated heterocycles. The van der Waals surface area contributed by atoms with E-state index in [-0.39, 0.29) is 16.1 Å². The molecule has 1 aromatic heterocycles. The molecule has 2 N–H and O–H groups in total. The lowest BCUT2D eigenvalue weighted by atomic mass is 10.1. The van der Waals surface area contributed by atoms with Crippen LogP contribution in [0.5, 0.6) is 0 Å². The first-order chi connectivity index (χ1) is 13.6. The van der Waals surface area contributed by atoms with Gasteiger partial charge in [-0.3, -0.25) is 9.59 Å². The molecule has 1 heterocycles. The third kappa shape index (κ3) is 5.12. The summed E-state index contributed by atoms with van der Waals surface area (Å²) in [5.74, 6) is -1.99. The Balaban J connectivity index is 1.85. The number of hydrogen-bond acceptors (Lipinski definition) is 3. The number of amides is 2. The molecule has 0 aliphatic rings. The molecule has 0 radical (unpaired) electrons. The van der Waals surface area contributed by atoms with Crippen LogP contribution in [0.4, 0.5) is 28.9 Å². The van der Waals surface area contributed by atoms with E-state index in [4.69, 9.17) is 11.6 Å². The predicted octanol–water partition coefficient (Wildman–Crippen LogP) is 6.06. The summed E-state index contributed by atoms with van der Waals surface area (Å²) in [6.45, 7) is 0. The van der Waals surface area contributed by atoms with Crippen molar-refractivity contribution in [2.75, 3.05) is 10.6 Å². The second-order valence-corrected chi connectivity index (χ2v) is 7.49. The molecule has 2 aromatic carbocycles. The molecule has 2 amide bonds. The van der Waals surface area contributed by atoms with E-state index in [1.54, 1.807) is 0 Å². The number of benzene rings is 2. The standard InChI is InChI=1S/C19H11ClF4N2O2S/c20-16-8-7-15(29-16)18(28)26-14-6-5-12(9-13(14)19(22,23)24)25-17(27)10-1-3-11(21)4-2-10/h1-9H,(H,25,27)(H,26,28). The first-order valence-corrected chi connectivity index (χ1v) is 9.18. The molecule has 0 bridgehead atoms. The SMILES string of the molecule is O=C(Nc1ccc(NC(=O)c2ccc(Cl)s2)c(C(F)(F)F)c1)c1ccc(F)cc1. The molecule has 10 heteroatoms. The maximum Gasteiger partial charge on any atom is 0.418 e. The summed E-state index contributed by atoms with van der Waals surface area (Å²) < 4.78 is 53.7. The van der Waals surface area contributed by atoms with Gasteiger partial charge in [0.05, 0.1) is 20.5 Å². The fourth-order valence-corrected chi connectivity index (χ4v) is 3.33. The Labute approximate surface area is 171 Å². The lowest BCUT2D eigenvalue weighted by Gasteiger charge is -2.15. The largest absolute Gasteiger partial charge is 0.418 e. The molecule has 0 saturated carbocycles. The summed E-state index contributed by atoms with van der Waals surface area (Å²) in [6.07, 6.45) is -4.79. The van der Waals surface area contributed by atoms with Crippen molar-refractivity contribution in [3.63, 3.8) is 0 Å². The molecule has 0 atom stereocenters.